The lowest BCUT2D eigenvalue weighted by Gasteiger charge is -2.18. The fourth-order valence-corrected chi connectivity index (χ4v) is 3.15. The molecule has 0 aliphatic carbocycles. The number of benzene rings is 2. The van der Waals surface area contributed by atoms with Gasteiger partial charge in [0.25, 0.3) is 0 Å². The zero-order valence-corrected chi connectivity index (χ0v) is 15.4. The molecular formula is C20H25N3OS. The smallest absolute Gasteiger partial charge is 0.171 e. The van der Waals surface area contributed by atoms with Crippen molar-refractivity contribution in [2.24, 2.45) is 0 Å². The molecule has 25 heavy (non-hydrogen) atoms. The van der Waals surface area contributed by atoms with Gasteiger partial charge in [-0.25, -0.2) is 0 Å². The molecule has 3 rings (SSSR count). The molecule has 0 unspecified atom stereocenters. The van der Waals surface area contributed by atoms with Gasteiger partial charge in [-0.1, -0.05) is 12.1 Å². The van der Waals surface area contributed by atoms with Crippen LogP contribution in [0, 0.1) is 0 Å². The molecule has 1 aliphatic heterocycles. The Morgan fingerprint density at radius 1 is 1.04 bits per heavy atom. The first kappa shape index (κ1) is 17.5. The average molecular weight is 356 g/mol. The van der Waals surface area contributed by atoms with Crippen molar-refractivity contribution in [2.75, 3.05) is 29.9 Å². The van der Waals surface area contributed by atoms with Gasteiger partial charge in [0, 0.05) is 31.0 Å². The molecule has 4 nitrogen and oxygen atoms in total. The maximum absolute atomic E-state index is 5.44. The molecule has 0 amide bonds. The quantitative estimate of drug-likeness (QED) is 0.761. The monoisotopic (exact) mass is 355 g/mol. The summed E-state index contributed by atoms with van der Waals surface area (Å²) in [4.78, 5) is 2.44. The van der Waals surface area contributed by atoms with Gasteiger partial charge in [0.05, 0.1) is 6.61 Å². The number of rotatable bonds is 6. The van der Waals surface area contributed by atoms with Gasteiger partial charge >= 0.3 is 0 Å². The van der Waals surface area contributed by atoms with E-state index in [1.165, 1.54) is 37.2 Å². The molecule has 0 atom stereocenters. The minimum absolute atomic E-state index is 0.618. The van der Waals surface area contributed by atoms with Crippen LogP contribution in [0.25, 0.3) is 0 Å². The molecule has 0 saturated carbocycles. The minimum Gasteiger partial charge on any atom is -0.494 e. The first-order valence-corrected chi connectivity index (χ1v) is 9.27. The first-order chi connectivity index (χ1) is 12.2. The summed E-state index contributed by atoms with van der Waals surface area (Å²) >= 11 is 5.37. The number of thiocarbonyl (C=S) groups is 1. The van der Waals surface area contributed by atoms with Crippen LogP contribution >= 0.6 is 12.2 Å². The van der Waals surface area contributed by atoms with E-state index in [4.69, 9.17) is 17.0 Å². The third-order valence-corrected chi connectivity index (χ3v) is 4.53. The van der Waals surface area contributed by atoms with Crippen LogP contribution in [-0.4, -0.2) is 24.8 Å². The molecule has 2 aromatic rings. The average Bonchev–Trinajstić information content (AvgIpc) is 3.17. The van der Waals surface area contributed by atoms with E-state index in [0.29, 0.717) is 18.3 Å². The van der Waals surface area contributed by atoms with E-state index < -0.39 is 0 Å². The maximum Gasteiger partial charge on any atom is 0.171 e. The number of anilines is 2. The van der Waals surface area contributed by atoms with Crippen molar-refractivity contribution in [1.29, 1.82) is 0 Å². The predicted octanol–water partition coefficient (Wildman–Crippen LogP) is 4.17. The Morgan fingerprint density at radius 3 is 2.36 bits per heavy atom. The zero-order chi connectivity index (χ0) is 17.5. The van der Waals surface area contributed by atoms with E-state index in [0.717, 1.165) is 11.4 Å². The summed E-state index contributed by atoms with van der Waals surface area (Å²) in [5, 5.41) is 7.06. The second kappa shape index (κ2) is 8.72. The molecule has 2 N–H and O–H groups in total. The van der Waals surface area contributed by atoms with Crippen molar-refractivity contribution in [2.45, 2.75) is 26.3 Å². The lowest BCUT2D eigenvalue weighted by molar-refractivity contribution is 0.340. The van der Waals surface area contributed by atoms with Crippen molar-refractivity contribution >= 4 is 28.7 Å². The number of hydrogen-bond donors (Lipinski definition) is 2. The summed E-state index contributed by atoms with van der Waals surface area (Å²) in [7, 11) is 0. The highest BCUT2D eigenvalue weighted by molar-refractivity contribution is 7.80. The zero-order valence-electron chi connectivity index (χ0n) is 14.6. The van der Waals surface area contributed by atoms with E-state index in [9.17, 15) is 0 Å². The predicted molar refractivity (Wildman–Crippen MR) is 109 cm³/mol. The highest BCUT2D eigenvalue weighted by Gasteiger charge is 2.11. The molecule has 1 fully saturated rings. The summed E-state index contributed by atoms with van der Waals surface area (Å²) in [5.74, 6) is 0.866. The van der Waals surface area contributed by atoms with Gasteiger partial charge in [-0.2, -0.15) is 0 Å². The van der Waals surface area contributed by atoms with Gasteiger partial charge < -0.3 is 20.3 Å². The summed E-state index contributed by atoms with van der Waals surface area (Å²) in [6.07, 6.45) is 2.60. The molecule has 2 aromatic carbocycles. The van der Waals surface area contributed by atoms with E-state index in [-0.39, 0.29) is 0 Å². The highest BCUT2D eigenvalue weighted by atomic mass is 32.1. The Bertz CT molecular complexity index is 679. The number of nitrogens with one attached hydrogen (secondary N) is 2. The molecule has 0 aromatic heterocycles. The lowest BCUT2D eigenvalue weighted by atomic mass is 10.2. The topological polar surface area (TPSA) is 36.5 Å². The lowest BCUT2D eigenvalue weighted by Crippen LogP contribution is -2.27. The van der Waals surface area contributed by atoms with E-state index in [2.05, 4.69) is 39.8 Å². The van der Waals surface area contributed by atoms with Gasteiger partial charge in [-0.3, -0.25) is 0 Å². The van der Waals surface area contributed by atoms with E-state index in [1.54, 1.807) is 0 Å². The van der Waals surface area contributed by atoms with Crippen molar-refractivity contribution in [3.05, 3.63) is 54.1 Å². The van der Waals surface area contributed by atoms with Crippen LogP contribution in [-0.2, 0) is 6.54 Å². The van der Waals surface area contributed by atoms with Gasteiger partial charge in [0.15, 0.2) is 5.11 Å². The molecule has 0 radical (unpaired) electrons. The van der Waals surface area contributed by atoms with Crippen molar-refractivity contribution in [1.82, 2.24) is 5.32 Å². The SMILES string of the molecule is CCOc1ccc(NC(=S)NCc2ccc(N3CCCC3)cc2)cc1. The van der Waals surface area contributed by atoms with Gasteiger partial charge in [-0.15, -0.1) is 0 Å². The normalized spacial score (nSPS) is 13.6. The van der Waals surface area contributed by atoms with Gasteiger partial charge in [0.1, 0.15) is 5.75 Å². The standard InChI is InChI=1S/C20H25N3OS/c1-2-24-19-11-7-17(8-12-19)22-20(25)21-15-16-5-9-18(10-6-16)23-13-3-4-14-23/h5-12H,2-4,13-15H2,1H3,(H2,21,22,25). The molecule has 1 heterocycles. The van der Waals surface area contributed by atoms with Crippen LogP contribution in [0.1, 0.15) is 25.3 Å². The fourth-order valence-electron chi connectivity index (χ4n) is 2.96. The van der Waals surface area contributed by atoms with Gasteiger partial charge in [-0.05, 0) is 73.9 Å². The van der Waals surface area contributed by atoms with Crippen LogP contribution in [0.3, 0.4) is 0 Å². The second-order valence-electron chi connectivity index (χ2n) is 6.13. The summed E-state index contributed by atoms with van der Waals surface area (Å²) in [6, 6.07) is 16.5. The third kappa shape index (κ3) is 5.10. The molecule has 1 aliphatic rings. The third-order valence-electron chi connectivity index (χ3n) is 4.28. The van der Waals surface area contributed by atoms with E-state index >= 15 is 0 Å². The Kier molecular flexibility index (Phi) is 6.12. The van der Waals surface area contributed by atoms with Crippen LogP contribution < -0.4 is 20.3 Å². The first-order valence-electron chi connectivity index (χ1n) is 8.86. The Morgan fingerprint density at radius 2 is 1.72 bits per heavy atom. The minimum atomic E-state index is 0.618. The van der Waals surface area contributed by atoms with Gasteiger partial charge in [0.2, 0.25) is 0 Å². The fraction of sp³-hybridized carbons (Fsp3) is 0.350. The Labute approximate surface area is 155 Å². The summed E-state index contributed by atoms with van der Waals surface area (Å²) in [5.41, 5.74) is 3.49. The summed E-state index contributed by atoms with van der Waals surface area (Å²) in [6.45, 7) is 5.71. The van der Waals surface area contributed by atoms with Crippen LogP contribution in [0.15, 0.2) is 48.5 Å². The molecular weight excluding hydrogens is 330 g/mol. The van der Waals surface area contributed by atoms with Crippen LogP contribution in [0.2, 0.25) is 0 Å². The summed E-state index contributed by atoms with van der Waals surface area (Å²) < 4.78 is 5.44. The number of nitrogens with zero attached hydrogens (tertiary/aromatic N) is 1. The van der Waals surface area contributed by atoms with Crippen molar-refractivity contribution in [3.8, 4) is 5.75 Å². The number of ether oxygens (including phenoxy) is 1. The highest BCUT2D eigenvalue weighted by Crippen LogP contribution is 2.20. The van der Waals surface area contributed by atoms with E-state index in [1.807, 2.05) is 31.2 Å². The molecule has 132 valence electrons. The Balaban J connectivity index is 1.46. The molecule has 1 saturated heterocycles. The Hall–Kier alpha value is -2.27. The van der Waals surface area contributed by atoms with Crippen molar-refractivity contribution in [3.63, 3.8) is 0 Å². The second-order valence-corrected chi connectivity index (χ2v) is 6.53. The molecule has 0 bridgehead atoms. The molecule has 5 heteroatoms. The number of hydrogen-bond acceptors (Lipinski definition) is 3. The van der Waals surface area contributed by atoms with Crippen LogP contribution in [0.4, 0.5) is 11.4 Å². The van der Waals surface area contributed by atoms with Crippen molar-refractivity contribution < 1.29 is 4.74 Å². The molecule has 0 spiro atoms. The largest absolute Gasteiger partial charge is 0.494 e. The van der Waals surface area contributed by atoms with Crippen LogP contribution in [0.5, 0.6) is 5.75 Å². The maximum atomic E-state index is 5.44.